The highest BCUT2D eigenvalue weighted by Crippen LogP contribution is 2.24. The van der Waals surface area contributed by atoms with E-state index in [0.29, 0.717) is 17.8 Å². The fourth-order valence-corrected chi connectivity index (χ4v) is 2.53. The van der Waals surface area contributed by atoms with Gasteiger partial charge in [0.25, 0.3) is 5.91 Å². The molecule has 0 saturated carbocycles. The molecule has 24 heavy (non-hydrogen) atoms. The summed E-state index contributed by atoms with van der Waals surface area (Å²) >= 11 is 0. The number of aromatic amines is 1. The Bertz CT molecular complexity index is 914. The largest absolute Gasteiger partial charge is 0.359 e. The van der Waals surface area contributed by atoms with Gasteiger partial charge in [0.1, 0.15) is 0 Å². The summed E-state index contributed by atoms with van der Waals surface area (Å²) in [6, 6.07) is 11.0. The van der Waals surface area contributed by atoms with E-state index >= 15 is 0 Å². The predicted octanol–water partition coefficient (Wildman–Crippen LogP) is 2.76. The number of rotatable bonds is 4. The molecule has 0 atom stereocenters. The molecule has 6 nitrogen and oxygen atoms in total. The van der Waals surface area contributed by atoms with Crippen LogP contribution >= 0.6 is 0 Å². The van der Waals surface area contributed by atoms with Gasteiger partial charge in [-0.05, 0) is 37.3 Å². The van der Waals surface area contributed by atoms with Crippen LogP contribution in [0.2, 0.25) is 0 Å². The minimum absolute atomic E-state index is 0.138. The molecule has 0 fully saturated rings. The zero-order chi connectivity index (χ0) is 17.1. The van der Waals surface area contributed by atoms with Gasteiger partial charge in [-0.1, -0.05) is 6.07 Å². The van der Waals surface area contributed by atoms with Gasteiger partial charge >= 0.3 is 0 Å². The van der Waals surface area contributed by atoms with E-state index in [1.54, 1.807) is 18.3 Å². The van der Waals surface area contributed by atoms with Crippen molar-refractivity contribution in [3.05, 3.63) is 59.5 Å². The van der Waals surface area contributed by atoms with Crippen molar-refractivity contribution in [3.63, 3.8) is 0 Å². The van der Waals surface area contributed by atoms with Crippen LogP contribution in [0.15, 0.2) is 42.6 Å². The molecule has 0 spiro atoms. The summed E-state index contributed by atoms with van der Waals surface area (Å²) in [5, 5.41) is 6.57. The highest BCUT2D eigenvalue weighted by atomic mass is 16.2. The zero-order valence-electron chi connectivity index (χ0n) is 13.5. The van der Waals surface area contributed by atoms with E-state index in [1.807, 2.05) is 31.2 Å². The molecule has 0 radical (unpaired) electrons. The quantitative estimate of drug-likeness (QED) is 0.690. The first kappa shape index (κ1) is 15.7. The van der Waals surface area contributed by atoms with Crippen molar-refractivity contribution in [1.29, 1.82) is 0 Å². The Hall–Kier alpha value is -3.15. The zero-order valence-corrected chi connectivity index (χ0v) is 13.5. The summed E-state index contributed by atoms with van der Waals surface area (Å²) in [4.78, 5) is 30.9. The Morgan fingerprint density at radius 2 is 2.04 bits per heavy atom. The summed E-state index contributed by atoms with van der Waals surface area (Å²) in [6.45, 7) is 3.71. The number of carbonyl (C=O) groups excluding carboxylic acids is 2. The molecule has 0 saturated heterocycles. The lowest BCUT2D eigenvalue weighted by Crippen LogP contribution is -2.20. The predicted molar refractivity (Wildman–Crippen MR) is 92.7 cm³/mol. The number of H-pyrrole nitrogens is 1. The number of hydrogen-bond donors (Lipinski definition) is 3. The molecule has 3 aromatic rings. The van der Waals surface area contributed by atoms with Crippen molar-refractivity contribution >= 4 is 28.4 Å². The lowest BCUT2D eigenvalue weighted by Gasteiger charge is -2.08. The number of anilines is 1. The van der Waals surface area contributed by atoms with E-state index in [-0.39, 0.29) is 11.8 Å². The number of nitrogens with one attached hydrogen (secondary N) is 3. The molecule has 2 amide bonds. The first-order valence-corrected chi connectivity index (χ1v) is 7.62. The van der Waals surface area contributed by atoms with Gasteiger partial charge in [0.15, 0.2) is 0 Å². The third kappa shape index (κ3) is 3.43. The van der Waals surface area contributed by atoms with Crippen LogP contribution in [0.4, 0.5) is 5.69 Å². The SMILES string of the molecule is CC(=O)NCc1cc(C(=O)Nc2cccc3[nH]c(C)cc23)ccn1. The molecule has 1 aromatic carbocycles. The van der Waals surface area contributed by atoms with Gasteiger partial charge in [0.05, 0.1) is 17.9 Å². The van der Waals surface area contributed by atoms with Crippen molar-refractivity contribution in [2.75, 3.05) is 5.32 Å². The molecule has 3 N–H and O–H groups in total. The second kappa shape index (κ2) is 6.54. The lowest BCUT2D eigenvalue weighted by molar-refractivity contribution is -0.119. The standard InChI is InChI=1S/C18H18N4O2/c1-11-8-15-16(21-11)4-3-5-17(15)22-18(24)13-6-7-19-14(9-13)10-20-12(2)23/h3-9,21H,10H2,1-2H3,(H,20,23)(H,22,24). The molecule has 3 rings (SSSR count). The number of amides is 2. The molecule has 2 heterocycles. The maximum atomic E-state index is 12.5. The Morgan fingerprint density at radius 3 is 2.83 bits per heavy atom. The molecular weight excluding hydrogens is 304 g/mol. The van der Waals surface area contributed by atoms with Gasteiger partial charge in [-0.2, -0.15) is 0 Å². The molecule has 0 aliphatic heterocycles. The maximum absolute atomic E-state index is 12.5. The van der Waals surface area contributed by atoms with Gasteiger partial charge in [-0.3, -0.25) is 14.6 Å². The summed E-state index contributed by atoms with van der Waals surface area (Å²) in [5.74, 6) is -0.353. The Kier molecular flexibility index (Phi) is 4.29. The molecule has 0 aliphatic carbocycles. The number of pyridine rings is 1. The fraction of sp³-hybridized carbons (Fsp3) is 0.167. The van der Waals surface area contributed by atoms with Crippen LogP contribution in [0, 0.1) is 6.92 Å². The van der Waals surface area contributed by atoms with E-state index < -0.39 is 0 Å². The highest BCUT2D eigenvalue weighted by molar-refractivity contribution is 6.08. The van der Waals surface area contributed by atoms with Gasteiger partial charge in [-0.25, -0.2) is 0 Å². The molecule has 0 bridgehead atoms. The van der Waals surface area contributed by atoms with Crippen LogP contribution in [-0.4, -0.2) is 21.8 Å². The Balaban J connectivity index is 1.81. The van der Waals surface area contributed by atoms with E-state index in [4.69, 9.17) is 0 Å². The third-order valence-corrected chi connectivity index (χ3v) is 3.64. The number of carbonyl (C=O) groups is 2. The minimum Gasteiger partial charge on any atom is -0.359 e. The van der Waals surface area contributed by atoms with Gasteiger partial charge in [0, 0.05) is 35.3 Å². The number of hydrogen-bond acceptors (Lipinski definition) is 3. The average Bonchev–Trinajstić information content (AvgIpc) is 2.94. The molecule has 2 aromatic heterocycles. The smallest absolute Gasteiger partial charge is 0.255 e. The number of fused-ring (bicyclic) bond motifs is 1. The fourth-order valence-electron chi connectivity index (χ4n) is 2.53. The number of benzene rings is 1. The molecule has 122 valence electrons. The minimum atomic E-state index is -0.215. The van der Waals surface area contributed by atoms with Gasteiger partial charge < -0.3 is 15.6 Å². The molecule has 0 aliphatic rings. The van der Waals surface area contributed by atoms with Gasteiger partial charge in [-0.15, -0.1) is 0 Å². The van der Waals surface area contributed by atoms with E-state index in [2.05, 4.69) is 20.6 Å². The van der Waals surface area contributed by atoms with Crippen molar-refractivity contribution in [3.8, 4) is 0 Å². The first-order chi connectivity index (χ1) is 11.5. The van der Waals surface area contributed by atoms with Crippen LogP contribution in [0.25, 0.3) is 10.9 Å². The normalized spacial score (nSPS) is 10.6. The van der Waals surface area contributed by atoms with Crippen molar-refractivity contribution in [2.24, 2.45) is 0 Å². The van der Waals surface area contributed by atoms with E-state index in [1.165, 1.54) is 6.92 Å². The van der Waals surface area contributed by atoms with Crippen molar-refractivity contribution < 1.29 is 9.59 Å². The maximum Gasteiger partial charge on any atom is 0.255 e. The third-order valence-electron chi connectivity index (χ3n) is 3.64. The number of nitrogens with zero attached hydrogens (tertiary/aromatic N) is 1. The molecule has 6 heteroatoms. The van der Waals surface area contributed by atoms with Crippen molar-refractivity contribution in [2.45, 2.75) is 20.4 Å². The summed E-state index contributed by atoms with van der Waals surface area (Å²) < 4.78 is 0. The Morgan fingerprint density at radius 1 is 1.21 bits per heavy atom. The summed E-state index contributed by atoms with van der Waals surface area (Å²) in [5.41, 5.74) is 3.89. The number of aromatic nitrogens is 2. The number of aryl methyl sites for hydroxylation is 1. The molecular formula is C18H18N4O2. The van der Waals surface area contributed by atoms with E-state index in [9.17, 15) is 9.59 Å². The van der Waals surface area contributed by atoms with Crippen molar-refractivity contribution in [1.82, 2.24) is 15.3 Å². The lowest BCUT2D eigenvalue weighted by atomic mass is 10.1. The molecule has 0 unspecified atom stereocenters. The van der Waals surface area contributed by atoms with Crippen LogP contribution < -0.4 is 10.6 Å². The van der Waals surface area contributed by atoms with E-state index in [0.717, 1.165) is 22.3 Å². The van der Waals surface area contributed by atoms with Crippen LogP contribution in [0.1, 0.15) is 28.7 Å². The highest BCUT2D eigenvalue weighted by Gasteiger charge is 2.10. The van der Waals surface area contributed by atoms with Crippen LogP contribution in [0.5, 0.6) is 0 Å². The topological polar surface area (TPSA) is 86.9 Å². The Labute approximate surface area is 139 Å². The van der Waals surface area contributed by atoms with Gasteiger partial charge in [0.2, 0.25) is 5.91 Å². The summed E-state index contributed by atoms with van der Waals surface area (Å²) in [7, 11) is 0. The van der Waals surface area contributed by atoms with Crippen LogP contribution in [-0.2, 0) is 11.3 Å². The average molecular weight is 322 g/mol. The van der Waals surface area contributed by atoms with Crippen LogP contribution in [0.3, 0.4) is 0 Å². The summed E-state index contributed by atoms with van der Waals surface area (Å²) in [6.07, 6.45) is 1.56. The second-order valence-corrected chi connectivity index (χ2v) is 5.62. The first-order valence-electron chi connectivity index (χ1n) is 7.62. The second-order valence-electron chi connectivity index (χ2n) is 5.62. The monoisotopic (exact) mass is 322 g/mol.